The summed E-state index contributed by atoms with van der Waals surface area (Å²) < 4.78 is 5.41. The second-order valence-electron chi connectivity index (χ2n) is 4.73. The van der Waals surface area contributed by atoms with Gasteiger partial charge in [0.15, 0.2) is 28.8 Å². The zero-order valence-corrected chi connectivity index (χ0v) is 10.4. The quantitative estimate of drug-likeness (QED) is 0.427. The third-order valence-corrected chi connectivity index (χ3v) is 3.41. The molecule has 4 N–H and O–H groups in total. The van der Waals surface area contributed by atoms with Crippen LogP contribution in [-0.2, 0) is 0 Å². The number of benzene rings is 1. The molecule has 0 aromatic heterocycles. The Labute approximate surface area is 113 Å². The largest absolute Gasteiger partial charge is 0.507 e. The number of carbonyl (C=O) groups is 1. The first-order chi connectivity index (χ1) is 9.49. The average Bonchev–Trinajstić information content (AvgIpc) is 2.53. The third kappa shape index (κ3) is 1.69. The lowest BCUT2D eigenvalue weighted by molar-refractivity contribution is 0.0989. The molecule has 3 rings (SSSR count). The van der Waals surface area contributed by atoms with Crippen molar-refractivity contribution in [2.45, 2.75) is 19.3 Å². The van der Waals surface area contributed by atoms with E-state index in [2.05, 4.69) is 0 Å². The van der Waals surface area contributed by atoms with Gasteiger partial charge < -0.3 is 25.2 Å². The first kappa shape index (κ1) is 12.4. The molecule has 0 radical (unpaired) electrons. The molecule has 0 amide bonds. The Balaban J connectivity index is 2.23. The van der Waals surface area contributed by atoms with Crippen LogP contribution < -0.4 is 4.74 Å². The molecule has 0 saturated carbocycles. The Hall–Kier alpha value is -2.63. The van der Waals surface area contributed by atoms with Gasteiger partial charge in [0, 0.05) is 12.5 Å². The summed E-state index contributed by atoms with van der Waals surface area (Å²) in [5.74, 6) is -2.50. The summed E-state index contributed by atoms with van der Waals surface area (Å²) in [7, 11) is 0. The second kappa shape index (κ2) is 4.19. The number of aliphatic hydroxyl groups is 1. The molecule has 6 heteroatoms. The van der Waals surface area contributed by atoms with E-state index in [4.69, 9.17) is 4.74 Å². The van der Waals surface area contributed by atoms with Gasteiger partial charge in [-0.05, 0) is 24.5 Å². The molecule has 0 unspecified atom stereocenters. The Bertz CT molecular complexity index is 683. The number of phenolic OH excluding ortho intramolecular Hbond substituents is 3. The molecule has 0 bridgehead atoms. The van der Waals surface area contributed by atoms with Gasteiger partial charge in [-0.3, -0.25) is 4.79 Å². The summed E-state index contributed by atoms with van der Waals surface area (Å²) in [4.78, 5) is 12.2. The Morgan fingerprint density at radius 1 is 1.10 bits per heavy atom. The fraction of sp³-hybridized carbons (Fsp3) is 0.214. The van der Waals surface area contributed by atoms with Gasteiger partial charge in [0.05, 0.1) is 0 Å². The molecule has 1 heterocycles. The van der Waals surface area contributed by atoms with E-state index in [1.165, 1.54) is 0 Å². The van der Waals surface area contributed by atoms with Crippen LogP contribution >= 0.6 is 0 Å². The van der Waals surface area contributed by atoms with Crippen LogP contribution in [0.25, 0.3) is 0 Å². The van der Waals surface area contributed by atoms with Gasteiger partial charge in [0.1, 0.15) is 11.3 Å². The van der Waals surface area contributed by atoms with E-state index in [1.807, 2.05) is 0 Å². The molecule has 1 aliphatic heterocycles. The number of ether oxygens (including phenoxy) is 1. The SMILES string of the molecule is O=C1CC2=C(Oc3c(O)c(O)cc(O)c31)C(O)=CCC2. The molecule has 0 atom stereocenters. The predicted molar refractivity (Wildman–Crippen MR) is 68.0 cm³/mol. The summed E-state index contributed by atoms with van der Waals surface area (Å²) in [5, 5.41) is 38.9. The highest BCUT2D eigenvalue weighted by molar-refractivity contribution is 6.04. The van der Waals surface area contributed by atoms with E-state index in [0.717, 1.165) is 6.07 Å². The van der Waals surface area contributed by atoms with Crippen molar-refractivity contribution in [1.29, 1.82) is 0 Å². The fourth-order valence-electron chi connectivity index (χ4n) is 2.44. The molecule has 104 valence electrons. The lowest BCUT2D eigenvalue weighted by Gasteiger charge is -2.17. The van der Waals surface area contributed by atoms with Crippen molar-refractivity contribution in [3.63, 3.8) is 0 Å². The van der Waals surface area contributed by atoms with Crippen LogP contribution in [0.2, 0.25) is 0 Å². The molecule has 1 aromatic carbocycles. The zero-order chi connectivity index (χ0) is 14.4. The minimum absolute atomic E-state index is 0.0159. The Kier molecular flexibility index (Phi) is 2.60. The van der Waals surface area contributed by atoms with Crippen molar-refractivity contribution in [1.82, 2.24) is 0 Å². The van der Waals surface area contributed by atoms with Gasteiger partial charge in [-0.1, -0.05) is 0 Å². The van der Waals surface area contributed by atoms with Crippen LogP contribution in [0.5, 0.6) is 23.0 Å². The molecule has 1 aliphatic carbocycles. The average molecular weight is 276 g/mol. The van der Waals surface area contributed by atoms with Crippen LogP contribution in [0.1, 0.15) is 29.6 Å². The molecule has 20 heavy (non-hydrogen) atoms. The number of hydrogen-bond acceptors (Lipinski definition) is 6. The monoisotopic (exact) mass is 276 g/mol. The number of rotatable bonds is 0. The van der Waals surface area contributed by atoms with Gasteiger partial charge in [-0.15, -0.1) is 0 Å². The Morgan fingerprint density at radius 3 is 2.60 bits per heavy atom. The molecular formula is C14H12O6. The van der Waals surface area contributed by atoms with Crippen LogP contribution in [0.3, 0.4) is 0 Å². The number of phenols is 3. The number of ketones is 1. The minimum Gasteiger partial charge on any atom is -0.507 e. The normalized spacial score (nSPS) is 17.8. The van der Waals surface area contributed by atoms with E-state index in [1.54, 1.807) is 6.08 Å². The number of Topliss-reactive ketones (excluding diaryl/α,β-unsaturated/α-hetero) is 1. The molecule has 0 spiro atoms. The highest BCUT2D eigenvalue weighted by Gasteiger charge is 2.32. The van der Waals surface area contributed by atoms with Crippen molar-refractivity contribution in [3.8, 4) is 23.0 Å². The van der Waals surface area contributed by atoms with Gasteiger partial charge in [0.25, 0.3) is 0 Å². The van der Waals surface area contributed by atoms with Gasteiger partial charge in [-0.25, -0.2) is 0 Å². The number of carbonyl (C=O) groups excluding carboxylic acids is 1. The number of hydrogen-bond donors (Lipinski definition) is 4. The summed E-state index contributed by atoms with van der Waals surface area (Å²) in [6, 6.07) is 0.884. The minimum atomic E-state index is -0.640. The lowest BCUT2D eigenvalue weighted by atomic mass is 9.95. The third-order valence-electron chi connectivity index (χ3n) is 3.41. The summed E-state index contributed by atoms with van der Waals surface area (Å²) in [5.41, 5.74) is 0.409. The topological polar surface area (TPSA) is 107 Å². The first-order valence-electron chi connectivity index (χ1n) is 6.09. The highest BCUT2D eigenvalue weighted by atomic mass is 16.5. The van der Waals surface area contributed by atoms with E-state index >= 15 is 0 Å². The number of fused-ring (bicyclic) bond motifs is 1. The summed E-state index contributed by atoms with van der Waals surface area (Å²) in [6.07, 6.45) is 2.67. The predicted octanol–water partition coefficient (Wildman–Crippen LogP) is 2.26. The van der Waals surface area contributed by atoms with E-state index < -0.39 is 23.0 Å². The smallest absolute Gasteiger partial charge is 0.202 e. The van der Waals surface area contributed by atoms with Crippen molar-refractivity contribution in [2.24, 2.45) is 0 Å². The van der Waals surface area contributed by atoms with E-state index in [-0.39, 0.29) is 29.3 Å². The van der Waals surface area contributed by atoms with Crippen molar-refractivity contribution in [2.75, 3.05) is 0 Å². The summed E-state index contributed by atoms with van der Waals surface area (Å²) in [6.45, 7) is 0. The summed E-state index contributed by atoms with van der Waals surface area (Å²) >= 11 is 0. The van der Waals surface area contributed by atoms with E-state index in [0.29, 0.717) is 18.4 Å². The zero-order valence-electron chi connectivity index (χ0n) is 10.4. The van der Waals surface area contributed by atoms with Crippen LogP contribution in [0.15, 0.2) is 29.2 Å². The van der Waals surface area contributed by atoms with Crippen molar-refractivity contribution >= 4 is 5.78 Å². The van der Waals surface area contributed by atoms with Gasteiger partial charge in [-0.2, -0.15) is 0 Å². The Morgan fingerprint density at radius 2 is 1.85 bits per heavy atom. The fourth-order valence-corrected chi connectivity index (χ4v) is 2.44. The van der Waals surface area contributed by atoms with E-state index in [9.17, 15) is 25.2 Å². The molecular weight excluding hydrogens is 264 g/mol. The first-order valence-corrected chi connectivity index (χ1v) is 6.09. The standard InChI is InChI=1S/C14H12O6/c15-7-3-1-2-6-4-8(16)11-9(17)5-10(18)12(19)14(11)20-13(6)7/h3,5,15,17-19H,1-2,4H2. The maximum Gasteiger partial charge on any atom is 0.202 e. The number of aliphatic hydroxyl groups excluding tert-OH is 1. The van der Waals surface area contributed by atoms with Gasteiger partial charge in [0.2, 0.25) is 5.75 Å². The molecule has 6 nitrogen and oxygen atoms in total. The van der Waals surface area contributed by atoms with Crippen molar-refractivity contribution < 1.29 is 30.0 Å². The molecule has 2 aliphatic rings. The molecule has 0 fully saturated rings. The lowest BCUT2D eigenvalue weighted by Crippen LogP contribution is -2.06. The highest BCUT2D eigenvalue weighted by Crippen LogP contribution is 2.47. The van der Waals surface area contributed by atoms with Gasteiger partial charge >= 0.3 is 0 Å². The van der Waals surface area contributed by atoms with Crippen LogP contribution in [0.4, 0.5) is 0 Å². The van der Waals surface area contributed by atoms with Crippen molar-refractivity contribution in [3.05, 3.63) is 34.8 Å². The molecule has 0 saturated heterocycles. The maximum atomic E-state index is 12.2. The number of allylic oxidation sites excluding steroid dienone is 2. The maximum absolute atomic E-state index is 12.2. The molecule has 1 aromatic rings. The number of aromatic hydroxyl groups is 3. The van der Waals surface area contributed by atoms with Crippen LogP contribution in [-0.4, -0.2) is 26.2 Å². The van der Waals surface area contributed by atoms with Crippen LogP contribution in [0, 0.1) is 0 Å². The second-order valence-corrected chi connectivity index (χ2v) is 4.73.